The van der Waals surface area contributed by atoms with Gasteiger partial charge in [-0.2, -0.15) is 13.2 Å². The lowest BCUT2D eigenvalue weighted by Gasteiger charge is -1.96. The third-order valence-electron chi connectivity index (χ3n) is 1.60. The van der Waals surface area contributed by atoms with E-state index in [4.69, 9.17) is 15.6 Å². The molecule has 0 aromatic heterocycles. The van der Waals surface area contributed by atoms with E-state index in [1.807, 2.05) is 0 Å². The Hall–Kier alpha value is -1.04. The summed E-state index contributed by atoms with van der Waals surface area (Å²) in [6, 6.07) is 0.431. The fourth-order valence-electron chi connectivity index (χ4n) is 0.933. The topological polar surface area (TPSA) is 63.3 Å². The van der Waals surface area contributed by atoms with E-state index < -0.39 is 12.1 Å². The molecule has 0 spiro atoms. The number of carboxylic acids is 1. The summed E-state index contributed by atoms with van der Waals surface area (Å²) < 4.78 is 31.7. The zero-order valence-electron chi connectivity index (χ0n) is 7.64. The summed E-state index contributed by atoms with van der Waals surface area (Å²) >= 11 is 0. The molecule has 14 heavy (non-hydrogen) atoms. The van der Waals surface area contributed by atoms with Crippen molar-refractivity contribution in [2.75, 3.05) is 0 Å². The lowest BCUT2D eigenvalue weighted by molar-refractivity contribution is -0.192. The van der Waals surface area contributed by atoms with Crippen LogP contribution in [-0.4, -0.2) is 23.3 Å². The number of hydrogen-bond donors (Lipinski definition) is 2. The van der Waals surface area contributed by atoms with E-state index in [9.17, 15) is 13.2 Å². The fourth-order valence-corrected chi connectivity index (χ4v) is 0.933. The van der Waals surface area contributed by atoms with Gasteiger partial charge >= 0.3 is 12.1 Å². The van der Waals surface area contributed by atoms with Gasteiger partial charge in [0.25, 0.3) is 0 Å². The lowest BCUT2D eigenvalue weighted by Crippen LogP contribution is -2.21. The SMILES string of the molecule is CC1=CCC(N)C1.O=C(O)C(F)(F)F. The molecule has 0 saturated heterocycles. The molecule has 6 heteroatoms. The van der Waals surface area contributed by atoms with Crippen LogP contribution in [0.1, 0.15) is 19.8 Å². The molecule has 0 fully saturated rings. The molecular formula is C8H12F3NO2. The Kier molecular flexibility index (Phi) is 4.62. The van der Waals surface area contributed by atoms with Gasteiger partial charge in [0.05, 0.1) is 0 Å². The Morgan fingerprint density at radius 1 is 1.64 bits per heavy atom. The Labute approximate surface area is 79.4 Å². The van der Waals surface area contributed by atoms with E-state index in [2.05, 4.69) is 13.0 Å². The van der Waals surface area contributed by atoms with Crippen molar-refractivity contribution in [3.8, 4) is 0 Å². The van der Waals surface area contributed by atoms with Crippen molar-refractivity contribution in [3.05, 3.63) is 11.6 Å². The van der Waals surface area contributed by atoms with Gasteiger partial charge in [-0.15, -0.1) is 0 Å². The van der Waals surface area contributed by atoms with Gasteiger partial charge in [-0.25, -0.2) is 4.79 Å². The van der Waals surface area contributed by atoms with Crippen LogP contribution in [0.25, 0.3) is 0 Å². The maximum absolute atomic E-state index is 10.6. The van der Waals surface area contributed by atoms with Crippen LogP contribution in [0.4, 0.5) is 13.2 Å². The van der Waals surface area contributed by atoms with E-state index in [0.29, 0.717) is 6.04 Å². The summed E-state index contributed by atoms with van der Waals surface area (Å²) in [4.78, 5) is 8.90. The standard InChI is InChI=1S/C6H11N.C2HF3O2/c1-5-2-3-6(7)4-5;3-2(4,5)1(6)7/h2,6H,3-4,7H2,1H3;(H,6,7). The van der Waals surface area contributed by atoms with Crippen molar-refractivity contribution in [2.24, 2.45) is 5.73 Å². The first-order valence-electron chi connectivity index (χ1n) is 3.94. The second kappa shape index (κ2) is 4.99. The average Bonchev–Trinajstić information content (AvgIpc) is 2.33. The molecule has 1 rings (SSSR count). The van der Waals surface area contributed by atoms with Crippen LogP contribution >= 0.6 is 0 Å². The van der Waals surface area contributed by atoms with E-state index in [-0.39, 0.29) is 0 Å². The van der Waals surface area contributed by atoms with Crippen LogP contribution < -0.4 is 5.73 Å². The second-order valence-corrected chi connectivity index (χ2v) is 3.05. The molecule has 1 atom stereocenters. The largest absolute Gasteiger partial charge is 0.490 e. The van der Waals surface area contributed by atoms with E-state index in [0.717, 1.165) is 12.8 Å². The summed E-state index contributed by atoms with van der Waals surface area (Å²) in [6.45, 7) is 2.13. The smallest absolute Gasteiger partial charge is 0.475 e. The van der Waals surface area contributed by atoms with E-state index in [1.54, 1.807) is 0 Å². The first-order valence-corrected chi connectivity index (χ1v) is 3.94. The molecule has 3 N–H and O–H groups in total. The monoisotopic (exact) mass is 211 g/mol. The number of halogens is 3. The maximum Gasteiger partial charge on any atom is 0.490 e. The van der Waals surface area contributed by atoms with Crippen LogP contribution in [-0.2, 0) is 4.79 Å². The van der Waals surface area contributed by atoms with Crippen molar-refractivity contribution >= 4 is 5.97 Å². The summed E-state index contributed by atoms with van der Waals surface area (Å²) in [5, 5.41) is 7.12. The zero-order chi connectivity index (χ0) is 11.4. The molecule has 82 valence electrons. The molecule has 1 aliphatic carbocycles. The maximum atomic E-state index is 10.6. The van der Waals surface area contributed by atoms with Crippen molar-refractivity contribution in [1.82, 2.24) is 0 Å². The van der Waals surface area contributed by atoms with Gasteiger partial charge in [0, 0.05) is 6.04 Å². The zero-order valence-corrected chi connectivity index (χ0v) is 7.64. The predicted molar refractivity (Wildman–Crippen MR) is 44.7 cm³/mol. The molecule has 0 radical (unpaired) electrons. The van der Waals surface area contributed by atoms with E-state index >= 15 is 0 Å². The number of carboxylic acid groups (broad SMARTS) is 1. The van der Waals surface area contributed by atoms with Gasteiger partial charge in [-0.1, -0.05) is 11.6 Å². The molecule has 0 bridgehead atoms. The summed E-state index contributed by atoms with van der Waals surface area (Å²) in [5.41, 5.74) is 7.02. The highest BCUT2D eigenvalue weighted by molar-refractivity contribution is 5.73. The minimum absolute atomic E-state index is 0.431. The molecule has 0 aromatic carbocycles. The molecule has 0 saturated carbocycles. The molecule has 0 aliphatic heterocycles. The molecular weight excluding hydrogens is 199 g/mol. The van der Waals surface area contributed by atoms with Gasteiger partial charge in [0.1, 0.15) is 0 Å². The molecule has 0 heterocycles. The fraction of sp³-hybridized carbons (Fsp3) is 0.625. The Morgan fingerprint density at radius 3 is 2.14 bits per heavy atom. The van der Waals surface area contributed by atoms with Crippen molar-refractivity contribution in [2.45, 2.75) is 32.0 Å². The van der Waals surface area contributed by atoms with Crippen LogP contribution in [0.15, 0.2) is 11.6 Å². The molecule has 1 aliphatic rings. The third-order valence-corrected chi connectivity index (χ3v) is 1.60. The normalized spacial score (nSPS) is 20.9. The molecule has 0 amide bonds. The first-order chi connectivity index (χ1) is 6.23. The Bertz CT molecular complexity index is 235. The molecule has 0 aromatic rings. The second-order valence-electron chi connectivity index (χ2n) is 3.05. The summed E-state index contributed by atoms with van der Waals surface area (Å²) in [7, 11) is 0. The van der Waals surface area contributed by atoms with Crippen LogP contribution in [0.5, 0.6) is 0 Å². The van der Waals surface area contributed by atoms with Crippen molar-refractivity contribution in [1.29, 1.82) is 0 Å². The number of nitrogens with two attached hydrogens (primary N) is 1. The number of rotatable bonds is 0. The van der Waals surface area contributed by atoms with Crippen LogP contribution in [0.2, 0.25) is 0 Å². The lowest BCUT2D eigenvalue weighted by atomic mass is 10.2. The minimum atomic E-state index is -5.08. The van der Waals surface area contributed by atoms with Gasteiger partial charge in [0.15, 0.2) is 0 Å². The number of aliphatic carboxylic acids is 1. The van der Waals surface area contributed by atoms with Crippen LogP contribution in [0.3, 0.4) is 0 Å². The van der Waals surface area contributed by atoms with Gasteiger partial charge in [-0.05, 0) is 19.8 Å². The number of carbonyl (C=O) groups is 1. The minimum Gasteiger partial charge on any atom is -0.475 e. The quantitative estimate of drug-likeness (QED) is 0.599. The summed E-state index contributed by atoms with van der Waals surface area (Å²) in [6.07, 6.45) is -0.670. The first kappa shape index (κ1) is 13.0. The van der Waals surface area contributed by atoms with Gasteiger partial charge in [-0.3, -0.25) is 0 Å². The Morgan fingerprint density at radius 2 is 2.07 bits per heavy atom. The predicted octanol–water partition coefficient (Wildman–Crippen LogP) is 1.69. The number of alkyl halides is 3. The van der Waals surface area contributed by atoms with Gasteiger partial charge < -0.3 is 10.8 Å². The highest BCUT2D eigenvalue weighted by Crippen LogP contribution is 2.14. The highest BCUT2D eigenvalue weighted by atomic mass is 19.4. The average molecular weight is 211 g/mol. The highest BCUT2D eigenvalue weighted by Gasteiger charge is 2.38. The van der Waals surface area contributed by atoms with Crippen molar-refractivity contribution in [3.63, 3.8) is 0 Å². The van der Waals surface area contributed by atoms with Gasteiger partial charge in [0.2, 0.25) is 0 Å². The number of hydrogen-bond acceptors (Lipinski definition) is 2. The Balaban J connectivity index is 0.000000241. The molecule has 3 nitrogen and oxygen atoms in total. The van der Waals surface area contributed by atoms with E-state index in [1.165, 1.54) is 5.57 Å². The van der Waals surface area contributed by atoms with Crippen molar-refractivity contribution < 1.29 is 23.1 Å². The van der Waals surface area contributed by atoms with Crippen LogP contribution in [0, 0.1) is 0 Å². The third kappa shape index (κ3) is 5.58. The summed E-state index contributed by atoms with van der Waals surface area (Å²) in [5.74, 6) is -2.76. The molecule has 1 unspecified atom stereocenters.